The normalized spacial score (nSPS) is 10.9. The van der Waals surface area contributed by atoms with Crippen LogP contribution in [0.4, 0.5) is 0 Å². The van der Waals surface area contributed by atoms with Crippen LogP contribution in [0.25, 0.3) is 10.9 Å². The Morgan fingerprint density at radius 2 is 1.93 bits per heavy atom. The van der Waals surface area contributed by atoms with Crippen molar-refractivity contribution in [3.63, 3.8) is 0 Å². The molecule has 0 aliphatic heterocycles. The Kier molecular flexibility index (Phi) is 5.61. The smallest absolute Gasteiger partial charge is 0.287 e. The lowest BCUT2D eigenvalue weighted by Crippen LogP contribution is -2.17. The van der Waals surface area contributed by atoms with Crippen LogP contribution in [0.3, 0.4) is 0 Å². The number of rotatable bonds is 7. The van der Waals surface area contributed by atoms with E-state index in [1.165, 1.54) is 0 Å². The predicted octanol–water partition coefficient (Wildman–Crippen LogP) is 3.35. The van der Waals surface area contributed by atoms with Crippen molar-refractivity contribution in [1.29, 1.82) is 0 Å². The number of H-pyrrole nitrogens is 1. The Balaban J connectivity index is 1.72. The van der Waals surface area contributed by atoms with Gasteiger partial charge in [-0.3, -0.25) is 4.79 Å². The molecule has 7 nitrogen and oxygen atoms in total. The third-order valence-corrected chi connectivity index (χ3v) is 3.96. The zero-order valence-corrected chi connectivity index (χ0v) is 15.4. The summed E-state index contributed by atoms with van der Waals surface area (Å²) in [5.41, 5.74) is 4.51. The lowest BCUT2D eigenvalue weighted by Gasteiger charge is -2.07. The summed E-state index contributed by atoms with van der Waals surface area (Å²) in [6, 6.07) is 12.7. The number of aromatic nitrogens is 1. The SMILES string of the molecule is CCOc1ccc(/C=N\NC(=O)c2cc3c(OC)c(OC)ccc3[nH]2)cc1. The Labute approximate surface area is 156 Å². The van der Waals surface area contributed by atoms with Crippen LogP contribution in [0.15, 0.2) is 47.6 Å². The van der Waals surface area contributed by atoms with Gasteiger partial charge in [0.1, 0.15) is 11.4 Å². The first-order chi connectivity index (χ1) is 13.2. The largest absolute Gasteiger partial charge is 0.494 e. The highest BCUT2D eigenvalue weighted by molar-refractivity contribution is 6.00. The molecule has 3 aromatic rings. The van der Waals surface area contributed by atoms with Crippen LogP contribution < -0.4 is 19.6 Å². The molecule has 27 heavy (non-hydrogen) atoms. The summed E-state index contributed by atoms with van der Waals surface area (Å²) in [7, 11) is 3.13. The average molecular weight is 367 g/mol. The van der Waals surface area contributed by atoms with Crippen LogP contribution in [0.2, 0.25) is 0 Å². The summed E-state index contributed by atoms with van der Waals surface area (Å²) in [5, 5.41) is 4.76. The molecular weight excluding hydrogens is 346 g/mol. The predicted molar refractivity (Wildman–Crippen MR) is 104 cm³/mol. The van der Waals surface area contributed by atoms with Crippen LogP contribution in [-0.2, 0) is 0 Å². The quantitative estimate of drug-likeness (QED) is 0.495. The first-order valence-electron chi connectivity index (χ1n) is 8.46. The van der Waals surface area contributed by atoms with Gasteiger partial charge in [0.15, 0.2) is 11.5 Å². The summed E-state index contributed by atoms with van der Waals surface area (Å²) in [4.78, 5) is 15.4. The van der Waals surface area contributed by atoms with E-state index in [-0.39, 0.29) is 5.91 Å². The van der Waals surface area contributed by atoms with E-state index in [0.717, 1.165) is 22.2 Å². The number of hydrazone groups is 1. The maximum atomic E-state index is 12.3. The molecule has 2 N–H and O–H groups in total. The number of nitrogens with zero attached hydrogens (tertiary/aromatic N) is 1. The van der Waals surface area contributed by atoms with Gasteiger partial charge in [0.2, 0.25) is 0 Å². The highest BCUT2D eigenvalue weighted by Crippen LogP contribution is 2.35. The molecule has 1 heterocycles. The summed E-state index contributed by atoms with van der Waals surface area (Å²) in [5.74, 6) is 1.61. The van der Waals surface area contributed by atoms with Gasteiger partial charge in [-0.1, -0.05) is 0 Å². The minimum Gasteiger partial charge on any atom is -0.494 e. The van der Waals surface area contributed by atoms with E-state index in [1.54, 1.807) is 32.6 Å². The second-order valence-electron chi connectivity index (χ2n) is 5.65. The second-order valence-corrected chi connectivity index (χ2v) is 5.65. The van der Waals surface area contributed by atoms with Crippen molar-refractivity contribution in [3.05, 3.63) is 53.7 Å². The topological polar surface area (TPSA) is 84.9 Å². The van der Waals surface area contributed by atoms with E-state index in [2.05, 4.69) is 15.5 Å². The van der Waals surface area contributed by atoms with Gasteiger partial charge >= 0.3 is 0 Å². The van der Waals surface area contributed by atoms with E-state index < -0.39 is 0 Å². The van der Waals surface area contributed by atoms with Gasteiger partial charge in [-0.15, -0.1) is 0 Å². The van der Waals surface area contributed by atoms with Crippen LogP contribution in [0.5, 0.6) is 17.2 Å². The summed E-state index contributed by atoms with van der Waals surface area (Å²) >= 11 is 0. The molecule has 0 bridgehead atoms. The zero-order valence-electron chi connectivity index (χ0n) is 15.4. The molecule has 0 spiro atoms. The maximum Gasteiger partial charge on any atom is 0.287 e. The molecule has 140 valence electrons. The number of amides is 1. The van der Waals surface area contributed by atoms with E-state index >= 15 is 0 Å². The Bertz CT molecular complexity index is 961. The first-order valence-corrected chi connectivity index (χ1v) is 8.46. The number of ether oxygens (including phenoxy) is 3. The number of aromatic amines is 1. The molecule has 0 aliphatic carbocycles. The lowest BCUT2D eigenvalue weighted by molar-refractivity contribution is 0.0951. The van der Waals surface area contributed by atoms with Crippen molar-refractivity contribution >= 4 is 23.0 Å². The Morgan fingerprint density at radius 1 is 1.15 bits per heavy atom. The van der Waals surface area contributed by atoms with Gasteiger partial charge in [-0.05, 0) is 55.0 Å². The molecule has 0 saturated carbocycles. The van der Waals surface area contributed by atoms with E-state index in [0.29, 0.717) is 23.8 Å². The molecule has 1 aromatic heterocycles. The molecule has 3 rings (SSSR count). The minimum atomic E-state index is -0.352. The fraction of sp³-hybridized carbons (Fsp3) is 0.200. The average Bonchev–Trinajstić information content (AvgIpc) is 3.13. The van der Waals surface area contributed by atoms with Crippen LogP contribution in [-0.4, -0.2) is 37.9 Å². The highest BCUT2D eigenvalue weighted by atomic mass is 16.5. The first kappa shape index (κ1) is 18.3. The van der Waals surface area contributed by atoms with E-state index in [9.17, 15) is 4.79 Å². The van der Waals surface area contributed by atoms with Gasteiger partial charge < -0.3 is 19.2 Å². The second kappa shape index (κ2) is 8.27. The number of hydrogen-bond donors (Lipinski definition) is 2. The van der Waals surface area contributed by atoms with E-state index in [4.69, 9.17) is 14.2 Å². The van der Waals surface area contributed by atoms with Crippen molar-refractivity contribution in [2.45, 2.75) is 6.92 Å². The monoisotopic (exact) mass is 367 g/mol. The third-order valence-electron chi connectivity index (χ3n) is 3.96. The van der Waals surface area contributed by atoms with Crippen molar-refractivity contribution in [1.82, 2.24) is 10.4 Å². The molecule has 0 saturated heterocycles. The molecule has 0 atom stereocenters. The zero-order chi connectivity index (χ0) is 19.2. The standard InChI is InChI=1S/C20H21N3O4/c1-4-27-14-7-5-13(6-8-14)12-21-23-20(24)17-11-15-16(22-17)9-10-18(25-2)19(15)26-3/h5-12,22H,4H2,1-3H3,(H,23,24)/b21-12-. The number of carbonyl (C=O) groups is 1. The number of hydrogen-bond acceptors (Lipinski definition) is 5. The Morgan fingerprint density at radius 3 is 2.59 bits per heavy atom. The van der Waals surface area contributed by atoms with Crippen molar-refractivity contribution in [3.8, 4) is 17.2 Å². The van der Waals surface area contributed by atoms with Gasteiger partial charge in [-0.2, -0.15) is 5.10 Å². The van der Waals surface area contributed by atoms with Crippen LogP contribution in [0.1, 0.15) is 23.0 Å². The molecule has 0 unspecified atom stereocenters. The summed E-state index contributed by atoms with van der Waals surface area (Å²) < 4.78 is 16.1. The van der Waals surface area contributed by atoms with Crippen LogP contribution >= 0.6 is 0 Å². The number of methoxy groups -OCH3 is 2. The molecule has 0 aliphatic rings. The minimum absolute atomic E-state index is 0.352. The molecular formula is C20H21N3O4. The van der Waals surface area contributed by atoms with Crippen LogP contribution in [0, 0.1) is 0 Å². The molecule has 7 heteroatoms. The van der Waals surface area contributed by atoms with Crippen molar-refractivity contribution in [2.24, 2.45) is 5.10 Å². The fourth-order valence-corrected chi connectivity index (χ4v) is 2.69. The van der Waals surface area contributed by atoms with E-state index in [1.807, 2.05) is 37.3 Å². The Hall–Kier alpha value is -3.48. The molecule has 0 radical (unpaired) electrons. The lowest BCUT2D eigenvalue weighted by atomic mass is 10.2. The fourth-order valence-electron chi connectivity index (χ4n) is 2.69. The van der Waals surface area contributed by atoms with Gasteiger partial charge in [0.05, 0.1) is 32.6 Å². The highest BCUT2D eigenvalue weighted by Gasteiger charge is 2.14. The van der Waals surface area contributed by atoms with Crippen molar-refractivity contribution in [2.75, 3.05) is 20.8 Å². The summed E-state index contributed by atoms with van der Waals surface area (Å²) in [6.07, 6.45) is 1.57. The summed E-state index contributed by atoms with van der Waals surface area (Å²) in [6.45, 7) is 2.55. The number of fused-ring (bicyclic) bond motifs is 1. The number of nitrogens with one attached hydrogen (secondary N) is 2. The molecule has 1 amide bonds. The number of benzene rings is 2. The molecule has 2 aromatic carbocycles. The van der Waals surface area contributed by atoms with Gasteiger partial charge in [-0.25, -0.2) is 5.43 Å². The van der Waals surface area contributed by atoms with Gasteiger partial charge in [0, 0.05) is 5.39 Å². The molecule has 0 fully saturated rings. The van der Waals surface area contributed by atoms with Crippen molar-refractivity contribution < 1.29 is 19.0 Å². The maximum absolute atomic E-state index is 12.3. The van der Waals surface area contributed by atoms with Gasteiger partial charge in [0.25, 0.3) is 5.91 Å². The number of carbonyl (C=O) groups excluding carboxylic acids is 1. The third kappa shape index (κ3) is 4.03.